The molecule has 0 radical (unpaired) electrons. The topological polar surface area (TPSA) is 121 Å². The number of hydrogen-bond donors (Lipinski definition) is 3. The lowest BCUT2D eigenvalue weighted by atomic mass is 10.1. The van der Waals surface area contributed by atoms with Crippen molar-refractivity contribution in [1.82, 2.24) is 19.6 Å². The molecule has 168 valence electrons. The van der Waals surface area contributed by atoms with Crippen LogP contribution in [0.4, 0.5) is 5.82 Å². The number of anilines is 1. The van der Waals surface area contributed by atoms with Gasteiger partial charge in [0.05, 0.1) is 16.8 Å². The molecule has 3 aromatic rings. The first-order valence-electron chi connectivity index (χ1n) is 10.6. The third-order valence-electron chi connectivity index (χ3n) is 5.62. The van der Waals surface area contributed by atoms with Gasteiger partial charge in [-0.05, 0) is 74.8 Å². The van der Waals surface area contributed by atoms with Gasteiger partial charge in [0.2, 0.25) is 10.0 Å². The van der Waals surface area contributed by atoms with Crippen molar-refractivity contribution in [3.63, 3.8) is 0 Å². The molecule has 1 fully saturated rings. The van der Waals surface area contributed by atoms with Gasteiger partial charge < -0.3 is 15.7 Å². The number of aryl methyl sites for hydroxylation is 1. The van der Waals surface area contributed by atoms with Gasteiger partial charge in [-0.1, -0.05) is 6.07 Å². The zero-order chi connectivity index (χ0) is 22.7. The molecule has 1 aromatic heterocycles. The molecule has 8 nitrogen and oxygen atoms in total. The molecule has 0 amide bonds. The minimum absolute atomic E-state index is 0.151. The van der Waals surface area contributed by atoms with E-state index < -0.39 is 10.0 Å². The van der Waals surface area contributed by atoms with Crippen LogP contribution in [-0.4, -0.2) is 54.6 Å². The lowest BCUT2D eigenvalue weighted by Crippen LogP contribution is -2.33. The van der Waals surface area contributed by atoms with Crippen LogP contribution < -0.4 is 10.5 Å². The molecule has 0 bridgehead atoms. The smallest absolute Gasteiger partial charge is 0.240 e. The predicted octanol–water partition coefficient (Wildman–Crippen LogP) is 2.78. The highest BCUT2D eigenvalue weighted by Gasteiger charge is 2.19. The minimum Gasteiger partial charge on any atom is -0.508 e. The molecule has 9 heteroatoms. The van der Waals surface area contributed by atoms with Crippen molar-refractivity contribution in [3.05, 3.63) is 54.2 Å². The molecule has 0 atom stereocenters. The van der Waals surface area contributed by atoms with Gasteiger partial charge in [-0.25, -0.2) is 23.1 Å². The molecule has 4 rings (SSSR count). The fraction of sp³-hybridized carbons (Fsp3) is 0.304. The summed E-state index contributed by atoms with van der Waals surface area (Å²) in [5.41, 5.74) is 9.19. The number of aromatic hydroxyl groups is 1. The van der Waals surface area contributed by atoms with Gasteiger partial charge in [-0.15, -0.1) is 0 Å². The Kier molecular flexibility index (Phi) is 6.40. The molecule has 1 aliphatic heterocycles. The van der Waals surface area contributed by atoms with E-state index in [2.05, 4.69) is 19.6 Å². The summed E-state index contributed by atoms with van der Waals surface area (Å²) in [5, 5.41) is 9.51. The molecule has 32 heavy (non-hydrogen) atoms. The number of sulfonamides is 1. The number of phenolic OH excluding ortho intramolecular Hbond substituents is 1. The van der Waals surface area contributed by atoms with E-state index in [-0.39, 0.29) is 16.5 Å². The molecule has 1 saturated heterocycles. The molecule has 4 N–H and O–H groups in total. The number of benzene rings is 2. The number of aromatic nitrogens is 2. The van der Waals surface area contributed by atoms with Crippen molar-refractivity contribution in [2.75, 3.05) is 31.9 Å². The van der Waals surface area contributed by atoms with Crippen molar-refractivity contribution < 1.29 is 13.5 Å². The van der Waals surface area contributed by atoms with Gasteiger partial charge in [-0.3, -0.25) is 0 Å². The molecular weight excluding hydrogens is 426 g/mol. The molecule has 0 unspecified atom stereocenters. The van der Waals surface area contributed by atoms with Crippen molar-refractivity contribution in [2.45, 2.75) is 24.7 Å². The van der Waals surface area contributed by atoms with E-state index in [0.717, 1.165) is 30.8 Å². The number of phenols is 1. The SMILES string of the molecule is Cc1cc(-c2cnc(N)c(-c3ccc(O)cc3)n2)ccc1S(=O)(=O)NCCN1CCCC1. The van der Waals surface area contributed by atoms with Crippen LogP contribution in [0.5, 0.6) is 5.75 Å². The highest BCUT2D eigenvalue weighted by Crippen LogP contribution is 2.28. The lowest BCUT2D eigenvalue weighted by molar-refractivity contribution is 0.344. The summed E-state index contributed by atoms with van der Waals surface area (Å²) in [4.78, 5) is 11.4. The summed E-state index contributed by atoms with van der Waals surface area (Å²) in [7, 11) is -3.60. The third-order valence-corrected chi connectivity index (χ3v) is 7.24. The third kappa shape index (κ3) is 4.90. The summed E-state index contributed by atoms with van der Waals surface area (Å²) >= 11 is 0. The average molecular weight is 454 g/mol. The first-order valence-corrected chi connectivity index (χ1v) is 12.1. The second kappa shape index (κ2) is 9.23. The van der Waals surface area contributed by atoms with Gasteiger partial charge >= 0.3 is 0 Å². The molecule has 0 aliphatic carbocycles. The van der Waals surface area contributed by atoms with Crippen LogP contribution in [0.25, 0.3) is 22.5 Å². The molecule has 2 aromatic carbocycles. The van der Waals surface area contributed by atoms with Crippen molar-refractivity contribution in [1.29, 1.82) is 0 Å². The van der Waals surface area contributed by atoms with Gasteiger partial charge in [0.15, 0.2) is 0 Å². The van der Waals surface area contributed by atoms with Crippen molar-refractivity contribution >= 4 is 15.8 Å². The van der Waals surface area contributed by atoms with E-state index in [1.807, 2.05) is 0 Å². The molecule has 2 heterocycles. The van der Waals surface area contributed by atoms with Gasteiger partial charge in [0, 0.05) is 24.2 Å². The Morgan fingerprint density at radius 3 is 2.47 bits per heavy atom. The lowest BCUT2D eigenvalue weighted by Gasteiger charge is -2.16. The standard InChI is InChI=1S/C23H27N5O3S/c1-16-14-18(6-9-21(16)32(30,31)26-10-13-28-11-2-3-12-28)20-15-25-23(24)22(27-20)17-4-7-19(29)8-5-17/h4-9,14-15,26,29H,2-3,10-13H2,1H3,(H2,24,25). The number of nitrogens with two attached hydrogens (primary N) is 1. The zero-order valence-electron chi connectivity index (χ0n) is 18.0. The maximum absolute atomic E-state index is 12.8. The quantitative estimate of drug-likeness (QED) is 0.503. The van der Waals surface area contributed by atoms with Crippen LogP contribution in [0.1, 0.15) is 18.4 Å². The molecule has 0 saturated carbocycles. The Balaban J connectivity index is 1.55. The Morgan fingerprint density at radius 2 is 1.78 bits per heavy atom. The second-order valence-corrected chi connectivity index (χ2v) is 9.70. The van der Waals surface area contributed by atoms with Crippen LogP contribution in [0, 0.1) is 6.92 Å². The number of nitrogens with one attached hydrogen (secondary N) is 1. The Labute approximate surface area is 188 Å². The fourth-order valence-corrected chi connectivity index (χ4v) is 5.15. The summed E-state index contributed by atoms with van der Waals surface area (Å²) < 4.78 is 28.3. The maximum atomic E-state index is 12.8. The average Bonchev–Trinajstić information content (AvgIpc) is 3.28. The summed E-state index contributed by atoms with van der Waals surface area (Å²) in [6.07, 6.45) is 3.92. The molecule has 0 spiro atoms. The highest BCUT2D eigenvalue weighted by molar-refractivity contribution is 7.89. The van der Waals surface area contributed by atoms with E-state index >= 15 is 0 Å². The first-order chi connectivity index (χ1) is 15.3. The van der Waals surface area contributed by atoms with E-state index in [4.69, 9.17) is 5.73 Å². The minimum atomic E-state index is -3.60. The summed E-state index contributed by atoms with van der Waals surface area (Å²) in [6.45, 7) is 4.94. The van der Waals surface area contributed by atoms with Crippen LogP contribution in [0.3, 0.4) is 0 Å². The summed E-state index contributed by atoms with van der Waals surface area (Å²) in [5.74, 6) is 0.426. The largest absolute Gasteiger partial charge is 0.508 e. The first kappa shape index (κ1) is 22.2. The van der Waals surface area contributed by atoms with Gasteiger partial charge in [0.25, 0.3) is 0 Å². The summed E-state index contributed by atoms with van der Waals surface area (Å²) in [6, 6.07) is 11.7. The zero-order valence-corrected chi connectivity index (χ0v) is 18.8. The van der Waals surface area contributed by atoms with E-state index in [1.54, 1.807) is 55.6 Å². The normalized spacial score (nSPS) is 14.7. The number of rotatable bonds is 7. The fourth-order valence-electron chi connectivity index (χ4n) is 3.90. The number of nitrogen functional groups attached to an aromatic ring is 1. The van der Waals surface area contributed by atoms with E-state index in [0.29, 0.717) is 23.5 Å². The number of likely N-dealkylation sites (tertiary alicyclic amines) is 1. The van der Waals surface area contributed by atoms with Gasteiger partial charge in [0.1, 0.15) is 17.3 Å². The van der Waals surface area contributed by atoms with Crippen LogP contribution in [0.15, 0.2) is 53.6 Å². The van der Waals surface area contributed by atoms with E-state index in [9.17, 15) is 13.5 Å². The Bertz CT molecular complexity index is 1210. The van der Waals surface area contributed by atoms with Crippen molar-refractivity contribution in [3.8, 4) is 28.3 Å². The van der Waals surface area contributed by atoms with Crippen LogP contribution in [-0.2, 0) is 10.0 Å². The Morgan fingerprint density at radius 1 is 1.09 bits per heavy atom. The van der Waals surface area contributed by atoms with Crippen LogP contribution >= 0.6 is 0 Å². The number of hydrogen-bond acceptors (Lipinski definition) is 7. The predicted molar refractivity (Wildman–Crippen MR) is 125 cm³/mol. The maximum Gasteiger partial charge on any atom is 0.240 e. The van der Waals surface area contributed by atoms with Crippen molar-refractivity contribution in [2.24, 2.45) is 0 Å². The van der Waals surface area contributed by atoms with Gasteiger partial charge in [-0.2, -0.15) is 0 Å². The number of nitrogens with zero attached hydrogens (tertiary/aromatic N) is 3. The van der Waals surface area contributed by atoms with Crippen LogP contribution in [0.2, 0.25) is 0 Å². The second-order valence-electron chi connectivity index (χ2n) is 7.96. The van der Waals surface area contributed by atoms with E-state index in [1.165, 1.54) is 12.8 Å². The monoisotopic (exact) mass is 453 g/mol. The molecular formula is C23H27N5O3S. The molecule has 1 aliphatic rings. The Hall–Kier alpha value is -3.01. The highest BCUT2D eigenvalue weighted by atomic mass is 32.2.